The lowest BCUT2D eigenvalue weighted by atomic mass is 10.2. The van der Waals surface area contributed by atoms with Gasteiger partial charge in [0.1, 0.15) is 15.5 Å². The average Bonchev–Trinajstić information content (AvgIpc) is 3.46. The number of rotatable bonds is 8. The van der Waals surface area contributed by atoms with Gasteiger partial charge in [-0.1, -0.05) is 11.6 Å². The van der Waals surface area contributed by atoms with E-state index in [9.17, 15) is 13.2 Å². The minimum atomic E-state index is -3.73. The maximum atomic E-state index is 12.6. The molecule has 3 heterocycles. The minimum absolute atomic E-state index is 0.0292. The first-order valence-electron chi connectivity index (χ1n) is 9.81. The predicted octanol–water partition coefficient (Wildman–Crippen LogP) is 4.30. The van der Waals surface area contributed by atoms with E-state index >= 15 is 0 Å². The van der Waals surface area contributed by atoms with E-state index < -0.39 is 10.0 Å². The molecule has 0 spiro atoms. The van der Waals surface area contributed by atoms with Crippen molar-refractivity contribution < 1.29 is 22.7 Å². The Morgan fingerprint density at radius 2 is 2.03 bits per heavy atom. The van der Waals surface area contributed by atoms with Crippen molar-refractivity contribution in [2.24, 2.45) is 0 Å². The molecule has 0 bridgehead atoms. The molecule has 1 saturated heterocycles. The van der Waals surface area contributed by atoms with Crippen LogP contribution in [0.5, 0.6) is 11.6 Å². The number of amides is 1. The van der Waals surface area contributed by atoms with Gasteiger partial charge in [-0.25, -0.2) is 13.4 Å². The molecule has 0 radical (unpaired) electrons. The van der Waals surface area contributed by atoms with Gasteiger partial charge in [-0.2, -0.15) is 0 Å². The number of ether oxygens (including phenoxy) is 2. The van der Waals surface area contributed by atoms with E-state index in [0.717, 1.165) is 30.8 Å². The number of anilines is 1. The van der Waals surface area contributed by atoms with Crippen molar-refractivity contribution in [3.8, 4) is 11.6 Å². The maximum Gasteiger partial charge on any atom is 0.271 e. The van der Waals surface area contributed by atoms with E-state index in [0.29, 0.717) is 27.9 Å². The summed E-state index contributed by atoms with van der Waals surface area (Å²) in [4.78, 5) is 16.7. The van der Waals surface area contributed by atoms with Gasteiger partial charge in [0.25, 0.3) is 15.9 Å². The van der Waals surface area contributed by atoms with E-state index in [1.807, 2.05) is 0 Å². The summed E-state index contributed by atoms with van der Waals surface area (Å²) in [6, 6.07) is 12.5. The van der Waals surface area contributed by atoms with Crippen molar-refractivity contribution >= 4 is 44.6 Å². The molecule has 168 valence electrons. The third kappa shape index (κ3) is 5.57. The van der Waals surface area contributed by atoms with Crippen molar-refractivity contribution in [3.63, 3.8) is 0 Å². The van der Waals surface area contributed by atoms with Crippen LogP contribution in [0.4, 0.5) is 5.69 Å². The molecule has 2 N–H and O–H groups in total. The maximum absolute atomic E-state index is 12.6. The van der Waals surface area contributed by atoms with E-state index in [1.165, 1.54) is 18.3 Å². The number of halogens is 1. The molecule has 0 aliphatic carbocycles. The smallest absolute Gasteiger partial charge is 0.271 e. The molecule has 2 aromatic heterocycles. The Morgan fingerprint density at radius 3 is 2.72 bits per heavy atom. The van der Waals surface area contributed by atoms with Crippen LogP contribution in [0.15, 0.2) is 58.9 Å². The van der Waals surface area contributed by atoms with Crippen LogP contribution in [0, 0.1) is 0 Å². The number of carbonyl (C=O) groups excluding carboxylic acids is 1. The van der Waals surface area contributed by atoms with Crippen LogP contribution in [0.2, 0.25) is 4.34 Å². The number of nitrogens with one attached hydrogen (secondary N) is 2. The van der Waals surface area contributed by atoms with Gasteiger partial charge in [0.2, 0.25) is 5.88 Å². The highest BCUT2D eigenvalue weighted by Crippen LogP contribution is 2.29. The monoisotopic (exact) mass is 493 g/mol. The van der Waals surface area contributed by atoms with Crippen LogP contribution in [-0.4, -0.2) is 38.6 Å². The number of thiophene rings is 1. The summed E-state index contributed by atoms with van der Waals surface area (Å²) in [6.45, 7) is 1.15. The van der Waals surface area contributed by atoms with Gasteiger partial charge >= 0.3 is 0 Å². The van der Waals surface area contributed by atoms with Gasteiger partial charge in [0.05, 0.1) is 10.4 Å². The van der Waals surface area contributed by atoms with Gasteiger partial charge in [-0.3, -0.25) is 9.52 Å². The number of aromatic nitrogens is 1. The number of carbonyl (C=O) groups is 1. The summed E-state index contributed by atoms with van der Waals surface area (Å²) in [5.41, 5.74) is 0.655. The topological polar surface area (TPSA) is 107 Å². The first-order chi connectivity index (χ1) is 15.4. The zero-order chi connectivity index (χ0) is 22.6. The molecule has 1 atom stereocenters. The molecular weight excluding hydrogens is 474 g/mol. The number of hydrogen-bond acceptors (Lipinski definition) is 7. The molecule has 1 fully saturated rings. The van der Waals surface area contributed by atoms with Crippen LogP contribution in [0.1, 0.15) is 23.2 Å². The SMILES string of the molecule is O=C(NCC1CCCO1)c1cccnc1Oc1ccc(NS(=O)(=O)c2ccc(Cl)s2)cc1. The van der Waals surface area contributed by atoms with Crippen LogP contribution in [-0.2, 0) is 14.8 Å². The summed E-state index contributed by atoms with van der Waals surface area (Å²) >= 11 is 6.80. The Labute approximate surface area is 194 Å². The number of hydrogen-bond donors (Lipinski definition) is 2. The number of sulfonamides is 1. The lowest BCUT2D eigenvalue weighted by Crippen LogP contribution is -2.32. The standard InChI is InChI=1S/C21H20ClN3O5S2/c22-18-9-10-19(31-18)32(27,28)25-14-5-7-15(8-6-14)30-21-17(4-1-11-23-21)20(26)24-13-16-3-2-12-29-16/h1,4-11,16,25H,2-3,12-13H2,(H,24,26). The molecule has 4 rings (SSSR count). The van der Waals surface area contributed by atoms with Crippen LogP contribution in [0.3, 0.4) is 0 Å². The Kier molecular flexibility index (Phi) is 6.95. The second-order valence-electron chi connectivity index (χ2n) is 6.99. The second kappa shape index (κ2) is 9.86. The normalized spacial score (nSPS) is 16.0. The fourth-order valence-electron chi connectivity index (χ4n) is 3.10. The molecule has 1 aromatic carbocycles. The number of benzene rings is 1. The van der Waals surface area contributed by atoms with Crippen LogP contribution >= 0.6 is 22.9 Å². The quantitative estimate of drug-likeness (QED) is 0.484. The highest BCUT2D eigenvalue weighted by molar-refractivity contribution is 7.94. The summed E-state index contributed by atoms with van der Waals surface area (Å²) < 4.78 is 39.1. The Balaban J connectivity index is 1.42. The molecule has 32 heavy (non-hydrogen) atoms. The Morgan fingerprint density at radius 1 is 1.22 bits per heavy atom. The van der Waals surface area contributed by atoms with Crippen molar-refractivity contribution in [1.82, 2.24) is 10.3 Å². The lowest BCUT2D eigenvalue weighted by Gasteiger charge is -2.13. The van der Waals surface area contributed by atoms with Crippen molar-refractivity contribution in [2.75, 3.05) is 17.9 Å². The van der Waals surface area contributed by atoms with Crippen molar-refractivity contribution in [2.45, 2.75) is 23.2 Å². The second-order valence-corrected chi connectivity index (χ2v) is 10.6. The number of pyridine rings is 1. The molecule has 1 unspecified atom stereocenters. The van der Waals surface area contributed by atoms with E-state index in [-0.39, 0.29) is 22.1 Å². The van der Waals surface area contributed by atoms with E-state index in [1.54, 1.807) is 36.4 Å². The molecule has 1 aliphatic heterocycles. The van der Waals surface area contributed by atoms with Crippen molar-refractivity contribution in [3.05, 3.63) is 64.6 Å². The summed E-state index contributed by atoms with van der Waals surface area (Å²) in [5.74, 6) is 0.250. The molecule has 0 saturated carbocycles. The molecular formula is C21H20ClN3O5S2. The fraction of sp³-hybridized carbons (Fsp3) is 0.238. The molecule has 1 amide bonds. The van der Waals surface area contributed by atoms with Crippen LogP contribution in [0.25, 0.3) is 0 Å². The molecule has 11 heteroatoms. The van der Waals surface area contributed by atoms with Gasteiger partial charge in [0.15, 0.2) is 0 Å². The third-order valence-electron chi connectivity index (χ3n) is 4.66. The molecule has 3 aromatic rings. The number of nitrogens with zero attached hydrogens (tertiary/aromatic N) is 1. The van der Waals surface area contributed by atoms with E-state index in [2.05, 4.69) is 15.0 Å². The first kappa shape index (κ1) is 22.5. The zero-order valence-corrected chi connectivity index (χ0v) is 19.2. The van der Waals surface area contributed by atoms with Crippen molar-refractivity contribution in [1.29, 1.82) is 0 Å². The van der Waals surface area contributed by atoms with Gasteiger partial charge < -0.3 is 14.8 Å². The fourth-order valence-corrected chi connectivity index (χ4v) is 5.64. The van der Waals surface area contributed by atoms with E-state index in [4.69, 9.17) is 21.1 Å². The highest BCUT2D eigenvalue weighted by Gasteiger charge is 2.20. The highest BCUT2D eigenvalue weighted by atomic mass is 35.5. The summed E-state index contributed by atoms with van der Waals surface area (Å²) in [5, 5.41) is 2.85. The molecule has 1 aliphatic rings. The predicted molar refractivity (Wildman–Crippen MR) is 122 cm³/mol. The zero-order valence-electron chi connectivity index (χ0n) is 16.8. The Bertz CT molecular complexity index is 1190. The minimum Gasteiger partial charge on any atom is -0.438 e. The third-order valence-corrected chi connectivity index (χ3v) is 7.77. The largest absolute Gasteiger partial charge is 0.438 e. The molecule has 8 nitrogen and oxygen atoms in total. The lowest BCUT2D eigenvalue weighted by molar-refractivity contribution is 0.0855. The summed E-state index contributed by atoms with van der Waals surface area (Å²) in [7, 11) is -3.73. The average molecular weight is 494 g/mol. The summed E-state index contributed by atoms with van der Waals surface area (Å²) in [6.07, 6.45) is 3.48. The van der Waals surface area contributed by atoms with Gasteiger partial charge in [0, 0.05) is 25.0 Å². The van der Waals surface area contributed by atoms with Gasteiger partial charge in [-0.15, -0.1) is 11.3 Å². The van der Waals surface area contributed by atoms with Crippen LogP contribution < -0.4 is 14.8 Å². The Hall–Kier alpha value is -2.66. The van der Waals surface area contributed by atoms with Gasteiger partial charge in [-0.05, 0) is 61.4 Å². The first-order valence-corrected chi connectivity index (χ1v) is 12.5.